The fraction of sp³-hybridized carbons (Fsp3) is 0. The Morgan fingerprint density at radius 1 is 1.29 bits per heavy atom. The van der Waals surface area contributed by atoms with Gasteiger partial charge in [-0.15, -0.1) is 5.10 Å². The zero-order valence-electron chi connectivity index (χ0n) is 6.96. The zero-order valence-corrected chi connectivity index (χ0v) is 10.1. The lowest BCUT2D eigenvalue weighted by Gasteiger charge is -2.00. The number of nitrogens with zero attached hydrogens (tertiary/aromatic N) is 2. The van der Waals surface area contributed by atoms with Gasteiger partial charge in [-0.05, 0) is 34.1 Å². The van der Waals surface area contributed by atoms with Gasteiger partial charge < -0.3 is 5.73 Å². The molecule has 0 radical (unpaired) electrons. The van der Waals surface area contributed by atoms with Crippen LogP contribution < -0.4 is 5.73 Å². The highest BCUT2D eigenvalue weighted by molar-refractivity contribution is 9.11. The Morgan fingerprint density at radius 2 is 2.07 bits per heavy atom. The predicted octanol–water partition coefficient (Wildman–Crippen LogP) is 2.58. The average molecular weight is 318 g/mol. The topological polar surface area (TPSA) is 67.6 Å². The van der Waals surface area contributed by atoms with Gasteiger partial charge in [0.1, 0.15) is 0 Å². The Labute approximate surface area is 97.2 Å². The van der Waals surface area contributed by atoms with Gasteiger partial charge in [0, 0.05) is 14.5 Å². The molecular formula is C8H6Br2N4. The van der Waals surface area contributed by atoms with Crippen molar-refractivity contribution in [2.45, 2.75) is 0 Å². The molecule has 0 aliphatic carbocycles. The first-order valence-electron chi connectivity index (χ1n) is 3.80. The fourth-order valence-corrected chi connectivity index (χ4v) is 2.31. The molecule has 0 atom stereocenters. The predicted molar refractivity (Wildman–Crippen MR) is 61.6 cm³/mol. The molecule has 0 aliphatic rings. The number of nitrogens with one attached hydrogen (secondary N) is 1. The Balaban J connectivity index is 2.52. The fourth-order valence-electron chi connectivity index (χ4n) is 1.08. The number of hydrogen-bond donors (Lipinski definition) is 2. The van der Waals surface area contributed by atoms with E-state index in [1.165, 1.54) is 0 Å². The summed E-state index contributed by atoms with van der Waals surface area (Å²) < 4.78 is 1.93. The Morgan fingerprint density at radius 3 is 2.64 bits per heavy atom. The van der Waals surface area contributed by atoms with Crippen molar-refractivity contribution in [2.24, 2.45) is 0 Å². The number of nitrogens with two attached hydrogens (primary N) is 1. The highest BCUT2D eigenvalue weighted by Crippen LogP contribution is 2.28. The van der Waals surface area contributed by atoms with Gasteiger partial charge in [0.25, 0.3) is 0 Å². The zero-order chi connectivity index (χ0) is 10.1. The third kappa shape index (κ3) is 1.80. The van der Waals surface area contributed by atoms with E-state index in [0.717, 1.165) is 14.5 Å². The molecule has 0 aliphatic heterocycles. The van der Waals surface area contributed by atoms with E-state index in [0.29, 0.717) is 5.82 Å². The SMILES string of the molecule is Nc1n[nH]c(-c2ccc(Br)cc2Br)n1. The number of aromatic nitrogens is 3. The lowest BCUT2D eigenvalue weighted by atomic mass is 10.2. The minimum Gasteiger partial charge on any atom is -0.366 e. The number of benzene rings is 1. The van der Waals surface area contributed by atoms with E-state index < -0.39 is 0 Å². The lowest BCUT2D eigenvalue weighted by Crippen LogP contribution is -1.86. The van der Waals surface area contributed by atoms with Gasteiger partial charge in [-0.1, -0.05) is 15.9 Å². The molecule has 0 spiro atoms. The van der Waals surface area contributed by atoms with Crippen molar-refractivity contribution in [2.75, 3.05) is 5.73 Å². The van der Waals surface area contributed by atoms with E-state index >= 15 is 0 Å². The van der Waals surface area contributed by atoms with Gasteiger partial charge in [0.15, 0.2) is 5.82 Å². The van der Waals surface area contributed by atoms with Crippen molar-refractivity contribution in [1.82, 2.24) is 15.2 Å². The summed E-state index contributed by atoms with van der Waals surface area (Å²) >= 11 is 6.81. The Bertz CT molecular complexity index is 466. The van der Waals surface area contributed by atoms with Crippen LogP contribution in [0.4, 0.5) is 5.95 Å². The summed E-state index contributed by atoms with van der Waals surface area (Å²) in [6.45, 7) is 0. The number of hydrogen-bond acceptors (Lipinski definition) is 3. The molecule has 0 amide bonds. The molecule has 2 aromatic rings. The molecule has 6 heteroatoms. The first-order chi connectivity index (χ1) is 6.66. The van der Waals surface area contributed by atoms with E-state index in [1.807, 2.05) is 18.2 Å². The maximum atomic E-state index is 5.42. The molecule has 0 fully saturated rings. The summed E-state index contributed by atoms with van der Waals surface area (Å²) in [7, 11) is 0. The molecule has 3 N–H and O–H groups in total. The molecule has 4 nitrogen and oxygen atoms in total. The highest BCUT2D eigenvalue weighted by Gasteiger charge is 2.07. The Kier molecular flexibility index (Phi) is 2.56. The van der Waals surface area contributed by atoms with Crippen molar-refractivity contribution in [1.29, 1.82) is 0 Å². The molecule has 72 valence electrons. The van der Waals surface area contributed by atoms with Gasteiger partial charge in [-0.2, -0.15) is 4.98 Å². The molecule has 0 bridgehead atoms. The van der Waals surface area contributed by atoms with E-state index in [1.54, 1.807) is 0 Å². The summed E-state index contributed by atoms with van der Waals surface area (Å²) in [5, 5.41) is 6.52. The summed E-state index contributed by atoms with van der Waals surface area (Å²) in [5.41, 5.74) is 6.35. The summed E-state index contributed by atoms with van der Waals surface area (Å²) in [6, 6.07) is 5.79. The highest BCUT2D eigenvalue weighted by atomic mass is 79.9. The second-order valence-electron chi connectivity index (χ2n) is 2.67. The second kappa shape index (κ2) is 3.70. The van der Waals surface area contributed by atoms with Crippen molar-refractivity contribution < 1.29 is 0 Å². The van der Waals surface area contributed by atoms with Gasteiger partial charge in [-0.25, -0.2) is 0 Å². The number of aromatic amines is 1. The number of H-pyrrole nitrogens is 1. The minimum absolute atomic E-state index is 0.245. The molecule has 14 heavy (non-hydrogen) atoms. The molecule has 0 saturated carbocycles. The van der Waals surface area contributed by atoms with Crippen LogP contribution in [0, 0.1) is 0 Å². The molecule has 0 saturated heterocycles. The first kappa shape index (κ1) is 9.67. The summed E-state index contributed by atoms with van der Waals surface area (Å²) in [4.78, 5) is 4.04. The molecule has 0 unspecified atom stereocenters. The largest absolute Gasteiger partial charge is 0.366 e. The monoisotopic (exact) mass is 316 g/mol. The van der Waals surface area contributed by atoms with Gasteiger partial charge in [0.05, 0.1) is 0 Å². The summed E-state index contributed by atoms with van der Waals surface area (Å²) in [6.07, 6.45) is 0. The number of halogens is 2. The molecule has 1 heterocycles. The molecular weight excluding hydrogens is 312 g/mol. The van der Waals surface area contributed by atoms with Crippen LogP contribution in [0.2, 0.25) is 0 Å². The van der Waals surface area contributed by atoms with Crippen LogP contribution in [-0.2, 0) is 0 Å². The number of nitrogen functional groups attached to an aromatic ring is 1. The second-order valence-corrected chi connectivity index (χ2v) is 4.44. The molecule has 1 aromatic heterocycles. The van der Waals surface area contributed by atoms with Crippen molar-refractivity contribution >= 4 is 37.8 Å². The normalized spacial score (nSPS) is 10.4. The van der Waals surface area contributed by atoms with Crippen LogP contribution in [0.1, 0.15) is 0 Å². The van der Waals surface area contributed by atoms with Crippen LogP contribution >= 0.6 is 31.9 Å². The minimum atomic E-state index is 0.245. The number of rotatable bonds is 1. The van der Waals surface area contributed by atoms with Gasteiger partial charge in [0.2, 0.25) is 5.95 Å². The van der Waals surface area contributed by atoms with Gasteiger partial charge >= 0.3 is 0 Å². The van der Waals surface area contributed by atoms with E-state index in [9.17, 15) is 0 Å². The Hall–Kier alpha value is -0.880. The van der Waals surface area contributed by atoms with E-state index in [2.05, 4.69) is 47.0 Å². The third-order valence-corrected chi connectivity index (χ3v) is 2.84. The van der Waals surface area contributed by atoms with Crippen LogP contribution in [-0.4, -0.2) is 15.2 Å². The summed E-state index contributed by atoms with van der Waals surface area (Å²) in [5.74, 6) is 0.900. The van der Waals surface area contributed by atoms with Crippen molar-refractivity contribution in [3.63, 3.8) is 0 Å². The molecule has 1 aromatic carbocycles. The van der Waals surface area contributed by atoms with Crippen LogP contribution in [0.3, 0.4) is 0 Å². The first-order valence-corrected chi connectivity index (χ1v) is 5.39. The standard InChI is InChI=1S/C8H6Br2N4/c9-4-1-2-5(6(10)3-4)7-12-8(11)14-13-7/h1-3H,(H3,11,12,13,14). The van der Waals surface area contributed by atoms with Crippen molar-refractivity contribution in [3.8, 4) is 11.4 Å². The maximum absolute atomic E-state index is 5.42. The van der Waals surface area contributed by atoms with Crippen LogP contribution in [0.15, 0.2) is 27.1 Å². The average Bonchev–Trinajstić information content (AvgIpc) is 2.51. The lowest BCUT2D eigenvalue weighted by molar-refractivity contribution is 1.10. The van der Waals surface area contributed by atoms with E-state index in [4.69, 9.17) is 5.73 Å². The quantitative estimate of drug-likeness (QED) is 0.849. The smallest absolute Gasteiger partial charge is 0.239 e. The van der Waals surface area contributed by atoms with E-state index in [-0.39, 0.29) is 5.95 Å². The van der Waals surface area contributed by atoms with Gasteiger partial charge in [-0.3, -0.25) is 5.10 Å². The maximum Gasteiger partial charge on any atom is 0.239 e. The third-order valence-electron chi connectivity index (χ3n) is 1.69. The van der Waals surface area contributed by atoms with Crippen LogP contribution in [0.5, 0.6) is 0 Å². The van der Waals surface area contributed by atoms with Crippen LogP contribution in [0.25, 0.3) is 11.4 Å². The number of anilines is 1. The van der Waals surface area contributed by atoms with Crippen molar-refractivity contribution in [3.05, 3.63) is 27.1 Å². The molecule has 2 rings (SSSR count).